The van der Waals surface area contributed by atoms with Gasteiger partial charge in [-0.1, -0.05) is 0 Å². The molecule has 21 heavy (non-hydrogen) atoms. The second-order valence-corrected chi connectivity index (χ2v) is 6.54. The van der Waals surface area contributed by atoms with E-state index in [1.807, 2.05) is 39.8 Å². The van der Waals surface area contributed by atoms with Gasteiger partial charge >= 0.3 is 0 Å². The minimum Gasteiger partial charge on any atom is -0.473 e. The van der Waals surface area contributed by atoms with E-state index in [1.165, 1.54) is 4.88 Å². The normalized spacial score (nSPS) is 12.5. The van der Waals surface area contributed by atoms with E-state index in [1.54, 1.807) is 11.3 Å². The Balaban J connectivity index is 2.17. The predicted molar refractivity (Wildman–Crippen MR) is 88.0 cm³/mol. The Morgan fingerprint density at radius 2 is 1.90 bits per heavy atom. The molecule has 0 aromatic carbocycles. The summed E-state index contributed by atoms with van der Waals surface area (Å²) in [5, 5.41) is 4.45. The average Bonchev–Trinajstić information content (AvgIpc) is 2.72. The molecule has 2 heterocycles. The lowest BCUT2D eigenvalue weighted by Gasteiger charge is -2.16. The zero-order valence-electron chi connectivity index (χ0n) is 13.1. The van der Waals surface area contributed by atoms with Gasteiger partial charge in [-0.15, -0.1) is 11.3 Å². The van der Waals surface area contributed by atoms with Crippen LogP contribution in [0.15, 0.2) is 12.1 Å². The number of nitrogens with one attached hydrogen (secondary N) is 1. The summed E-state index contributed by atoms with van der Waals surface area (Å²) in [4.78, 5) is 10.1. The van der Waals surface area contributed by atoms with Crippen LogP contribution in [0.25, 0.3) is 0 Å². The number of aryl methyl sites for hydroxylation is 2. The lowest BCUT2D eigenvalue weighted by Crippen LogP contribution is -2.12. The SMILES string of the molecule is Cc1nc(C)c(C(C)Nc2ccc(N)c(OC(C)C)n2)s1. The maximum Gasteiger partial charge on any atom is 0.239 e. The van der Waals surface area contributed by atoms with E-state index in [9.17, 15) is 0 Å². The lowest BCUT2D eigenvalue weighted by molar-refractivity contribution is 0.234. The first-order valence-corrected chi connectivity index (χ1v) is 7.82. The maximum atomic E-state index is 5.88. The molecular weight excluding hydrogens is 284 g/mol. The fraction of sp³-hybridized carbons (Fsp3) is 0.467. The Morgan fingerprint density at radius 3 is 2.48 bits per heavy atom. The molecule has 0 amide bonds. The average molecular weight is 306 g/mol. The summed E-state index contributed by atoms with van der Waals surface area (Å²) in [7, 11) is 0. The Bertz CT molecular complexity index is 624. The molecule has 2 aromatic heterocycles. The molecule has 6 heteroatoms. The van der Waals surface area contributed by atoms with Gasteiger partial charge in [-0.05, 0) is 46.8 Å². The van der Waals surface area contributed by atoms with Crippen molar-refractivity contribution in [3.8, 4) is 5.88 Å². The van der Waals surface area contributed by atoms with Crippen LogP contribution in [0.2, 0.25) is 0 Å². The lowest BCUT2D eigenvalue weighted by atomic mass is 10.2. The fourth-order valence-electron chi connectivity index (χ4n) is 2.09. The smallest absolute Gasteiger partial charge is 0.239 e. The number of thiazole rings is 1. The van der Waals surface area contributed by atoms with Gasteiger partial charge in [0.25, 0.3) is 0 Å². The van der Waals surface area contributed by atoms with E-state index in [-0.39, 0.29) is 12.1 Å². The third kappa shape index (κ3) is 3.85. The number of hydrogen-bond donors (Lipinski definition) is 2. The Kier molecular flexibility index (Phi) is 4.67. The molecule has 0 radical (unpaired) electrons. The summed E-state index contributed by atoms with van der Waals surface area (Å²) in [6.45, 7) is 10.0. The highest BCUT2D eigenvalue weighted by Crippen LogP contribution is 2.28. The molecule has 0 bridgehead atoms. The van der Waals surface area contributed by atoms with Gasteiger partial charge in [-0.3, -0.25) is 0 Å². The van der Waals surface area contributed by atoms with Crippen LogP contribution in [-0.4, -0.2) is 16.1 Å². The number of aromatic nitrogens is 2. The highest BCUT2D eigenvalue weighted by atomic mass is 32.1. The molecule has 5 nitrogen and oxygen atoms in total. The van der Waals surface area contributed by atoms with Gasteiger partial charge in [0.15, 0.2) is 0 Å². The number of ether oxygens (including phenoxy) is 1. The number of hydrogen-bond acceptors (Lipinski definition) is 6. The molecule has 1 unspecified atom stereocenters. The molecule has 0 spiro atoms. The number of nitrogens with two attached hydrogens (primary N) is 1. The molecule has 0 fully saturated rings. The van der Waals surface area contributed by atoms with Gasteiger partial charge in [0.1, 0.15) is 5.82 Å². The third-order valence-electron chi connectivity index (χ3n) is 2.93. The maximum absolute atomic E-state index is 5.88. The van der Waals surface area contributed by atoms with Crippen molar-refractivity contribution in [1.29, 1.82) is 0 Å². The molecule has 0 aliphatic rings. The van der Waals surface area contributed by atoms with E-state index in [0.717, 1.165) is 16.5 Å². The van der Waals surface area contributed by atoms with Crippen LogP contribution in [-0.2, 0) is 0 Å². The predicted octanol–water partition coefficient (Wildman–Crippen LogP) is 3.70. The zero-order chi connectivity index (χ0) is 15.6. The molecule has 0 saturated heterocycles. The summed E-state index contributed by atoms with van der Waals surface area (Å²) in [5.41, 5.74) is 7.49. The van der Waals surface area contributed by atoms with Gasteiger partial charge in [0, 0.05) is 4.88 Å². The number of nitrogens with zero attached hydrogens (tertiary/aromatic N) is 2. The number of anilines is 2. The van der Waals surface area contributed by atoms with E-state index in [0.29, 0.717) is 11.6 Å². The molecule has 2 rings (SSSR count). The standard InChI is InChI=1S/C15H22N4OS/c1-8(2)20-15-12(16)6-7-13(19-15)18-10(4)14-9(3)17-11(5)21-14/h6-8,10H,16H2,1-5H3,(H,18,19). The van der Waals surface area contributed by atoms with Crippen molar-refractivity contribution in [3.05, 3.63) is 27.7 Å². The summed E-state index contributed by atoms with van der Waals surface area (Å²) < 4.78 is 5.61. The molecular formula is C15H22N4OS. The zero-order valence-corrected chi connectivity index (χ0v) is 13.9. The second kappa shape index (κ2) is 6.30. The van der Waals surface area contributed by atoms with Crippen LogP contribution in [0, 0.1) is 13.8 Å². The molecule has 1 atom stereocenters. The van der Waals surface area contributed by atoms with Gasteiger partial charge < -0.3 is 15.8 Å². The molecule has 0 aliphatic heterocycles. The van der Waals surface area contributed by atoms with Crippen molar-refractivity contribution in [1.82, 2.24) is 9.97 Å². The molecule has 0 saturated carbocycles. The second-order valence-electron chi connectivity index (χ2n) is 5.31. The Hall–Kier alpha value is -1.82. The molecule has 114 valence electrons. The summed E-state index contributed by atoms with van der Waals surface area (Å²) in [6, 6.07) is 3.81. The topological polar surface area (TPSA) is 73.1 Å². The fourth-order valence-corrected chi connectivity index (χ4v) is 3.02. The molecule has 2 aromatic rings. The van der Waals surface area contributed by atoms with Gasteiger partial charge in [0.2, 0.25) is 5.88 Å². The van der Waals surface area contributed by atoms with Gasteiger partial charge in [0.05, 0.1) is 28.5 Å². The monoisotopic (exact) mass is 306 g/mol. The van der Waals surface area contributed by atoms with Crippen molar-refractivity contribution in [3.63, 3.8) is 0 Å². The number of nitrogen functional groups attached to an aromatic ring is 1. The van der Waals surface area contributed by atoms with Crippen molar-refractivity contribution in [2.24, 2.45) is 0 Å². The first kappa shape index (κ1) is 15.6. The van der Waals surface area contributed by atoms with Crippen molar-refractivity contribution >= 4 is 22.8 Å². The molecule has 3 N–H and O–H groups in total. The van der Waals surface area contributed by atoms with Gasteiger partial charge in [-0.25, -0.2) is 4.98 Å². The Morgan fingerprint density at radius 1 is 1.19 bits per heavy atom. The van der Waals surface area contributed by atoms with Crippen LogP contribution in [0.5, 0.6) is 5.88 Å². The van der Waals surface area contributed by atoms with Crippen molar-refractivity contribution in [2.45, 2.75) is 46.8 Å². The van der Waals surface area contributed by atoms with E-state index in [4.69, 9.17) is 10.5 Å². The Labute approximate surface area is 129 Å². The van der Waals surface area contributed by atoms with E-state index in [2.05, 4.69) is 22.2 Å². The van der Waals surface area contributed by atoms with Crippen LogP contribution >= 0.6 is 11.3 Å². The summed E-state index contributed by atoms with van der Waals surface area (Å²) in [5.74, 6) is 1.22. The van der Waals surface area contributed by atoms with Crippen LogP contribution in [0.1, 0.15) is 42.4 Å². The summed E-state index contributed by atoms with van der Waals surface area (Å²) in [6.07, 6.45) is 0.0406. The quantitative estimate of drug-likeness (QED) is 0.881. The van der Waals surface area contributed by atoms with Gasteiger partial charge in [-0.2, -0.15) is 4.98 Å². The first-order chi connectivity index (χ1) is 9.86. The number of pyridine rings is 1. The summed E-state index contributed by atoms with van der Waals surface area (Å²) >= 11 is 1.70. The van der Waals surface area contributed by atoms with Crippen LogP contribution in [0.3, 0.4) is 0 Å². The van der Waals surface area contributed by atoms with Crippen LogP contribution in [0.4, 0.5) is 11.5 Å². The minimum absolute atomic E-state index is 0.0406. The van der Waals surface area contributed by atoms with Crippen molar-refractivity contribution in [2.75, 3.05) is 11.1 Å². The minimum atomic E-state index is 0.0406. The largest absolute Gasteiger partial charge is 0.473 e. The third-order valence-corrected chi connectivity index (χ3v) is 4.19. The van der Waals surface area contributed by atoms with E-state index < -0.39 is 0 Å². The highest BCUT2D eigenvalue weighted by molar-refractivity contribution is 7.11. The highest BCUT2D eigenvalue weighted by Gasteiger charge is 2.14. The number of rotatable bonds is 5. The van der Waals surface area contributed by atoms with Crippen molar-refractivity contribution < 1.29 is 4.74 Å². The molecule has 0 aliphatic carbocycles. The van der Waals surface area contributed by atoms with Crippen LogP contribution < -0.4 is 15.8 Å². The van der Waals surface area contributed by atoms with E-state index >= 15 is 0 Å². The first-order valence-electron chi connectivity index (χ1n) is 7.00.